The van der Waals surface area contributed by atoms with Crippen molar-refractivity contribution in [2.45, 2.75) is 26.7 Å². The molecule has 0 unspecified atom stereocenters. The molecule has 0 saturated carbocycles. The van der Waals surface area contributed by atoms with Crippen LogP contribution >= 0.6 is 15.9 Å². The molecule has 0 spiro atoms. The first kappa shape index (κ1) is 13.1. The van der Waals surface area contributed by atoms with Crippen molar-refractivity contribution in [3.63, 3.8) is 0 Å². The molecule has 0 aliphatic rings. The topological polar surface area (TPSA) is 22.1 Å². The average Bonchev–Trinajstić information content (AvgIpc) is 2.34. The van der Waals surface area contributed by atoms with E-state index in [-0.39, 0.29) is 0 Å². The number of pyridine rings is 1. The van der Waals surface area contributed by atoms with Crippen molar-refractivity contribution in [2.24, 2.45) is 0 Å². The van der Waals surface area contributed by atoms with E-state index >= 15 is 0 Å². The van der Waals surface area contributed by atoms with E-state index in [1.54, 1.807) is 6.20 Å². The van der Waals surface area contributed by atoms with Gasteiger partial charge in [-0.1, -0.05) is 32.0 Å². The van der Waals surface area contributed by atoms with Gasteiger partial charge in [-0.2, -0.15) is 0 Å². The molecule has 0 saturated heterocycles. The highest BCUT2D eigenvalue weighted by atomic mass is 79.9. The van der Waals surface area contributed by atoms with Gasteiger partial charge in [0.05, 0.1) is 0 Å². The van der Waals surface area contributed by atoms with E-state index in [9.17, 15) is 0 Å². The Balaban J connectivity index is 2.31. The summed E-state index contributed by atoms with van der Waals surface area (Å²) in [6, 6.07) is 10.0. The molecular weight excluding hydrogens is 290 g/mol. The quantitative estimate of drug-likeness (QED) is 0.790. The molecule has 1 heterocycles. The van der Waals surface area contributed by atoms with Crippen LogP contribution in [0.2, 0.25) is 0 Å². The van der Waals surface area contributed by atoms with E-state index in [0.29, 0.717) is 11.8 Å². The number of hydrogen-bond donors (Lipinski definition) is 0. The zero-order chi connectivity index (χ0) is 13.1. The minimum atomic E-state index is 0.428. The van der Waals surface area contributed by atoms with Crippen LogP contribution in [-0.2, 0) is 0 Å². The summed E-state index contributed by atoms with van der Waals surface area (Å²) in [5.41, 5.74) is 2.31. The van der Waals surface area contributed by atoms with Crippen LogP contribution in [0.15, 0.2) is 41.0 Å². The lowest BCUT2D eigenvalue weighted by atomic mass is 10.0. The third kappa shape index (κ3) is 2.91. The molecule has 0 atom stereocenters. The summed E-state index contributed by atoms with van der Waals surface area (Å²) in [6.07, 6.45) is 1.77. The third-order valence-electron chi connectivity index (χ3n) is 2.78. The fourth-order valence-electron chi connectivity index (χ4n) is 1.73. The Labute approximate surface area is 116 Å². The molecule has 3 heteroatoms. The van der Waals surface area contributed by atoms with Crippen LogP contribution in [-0.4, -0.2) is 4.98 Å². The standard InChI is InChI=1S/C15H16BrNO/c1-10(2)12-6-4-5-7-14(12)18-15-8-11(3)13(16)9-17-15/h4-10H,1-3H3. The SMILES string of the molecule is Cc1cc(Oc2ccccc2C(C)C)ncc1Br. The summed E-state index contributed by atoms with van der Waals surface area (Å²) >= 11 is 3.43. The van der Waals surface area contributed by atoms with Gasteiger partial charge in [0.25, 0.3) is 0 Å². The van der Waals surface area contributed by atoms with Crippen LogP contribution in [0.1, 0.15) is 30.9 Å². The Morgan fingerprint density at radius 3 is 2.61 bits per heavy atom. The van der Waals surface area contributed by atoms with Gasteiger partial charge >= 0.3 is 0 Å². The van der Waals surface area contributed by atoms with E-state index in [1.165, 1.54) is 5.56 Å². The van der Waals surface area contributed by atoms with E-state index in [1.807, 2.05) is 31.2 Å². The Hall–Kier alpha value is -1.35. The minimum Gasteiger partial charge on any atom is -0.439 e. The van der Waals surface area contributed by atoms with Crippen molar-refractivity contribution in [3.8, 4) is 11.6 Å². The molecule has 2 nitrogen and oxygen atoms in total. The van der Waals surface area contributed by atoms with Gasteiger partial charge in [-0.3, -0.25) is 0 Å². The Morgan fingerprint density at radius 1 is 1.22 bits per heavy atom. The number of hydrogen-bond acceptors (Lipinski definition) is 2. The van der Waals surface area contributed by atoms with Crippen molar-refractivity contribution in [3.05, 3.63) is 52.1 Å². The number of ether oxygens (including phenoxy) is 1. The maximum Gasteiger partial charge on any atom is 0.219 e. The normalized spacial score (nSPS) is 10.7. The van der Waals surface area contributed by atoms with Crippen LogP contribution in [0.3, 0.4) is 0 Å². The first-order valence-electron chi connectivity index (χ1n) is 5.97. The van der Waals surface area contributed by atoms with Crippen molar-refractivity contribution in [1.82, 2.24) is 4.98 Å². The number of benzene rings is 1. The first-order valence-corrected chi connectivity index (χ1v) is 6.76. The summed E-state index contributed by atoms with van der Waals surface area (Å²) in [7, 11) is 0. The molecule has 0 bridgehead atoms. The molecule has 0 aliphatic heterocycles. The molecule has 1 aromatic carbocycles. The molecule has 2 aromatic rings. The lowest BCUT2D eigenvalue weighted by molar-refractivity contribution is 0.454. The minimum absolute atomic E-state index is 0.428. The van der Waals surface area contributed by atoms with Gasteiger partial charge in [-0.15, -0.1) is 0 Å². The predicted molar refractivity (Wildman–Crippen MR) is 77.3 cm³/mol. The van der Waals surface area contributed by atoms with Gasteiger partial charge < -0.3 is 4.74 Å². The highest BCUT2D eigenvalue weighted by Gasteiger charge is 2.09. The van der Waals surface area contributed by atoms with E-state index in [4.69, 9.17) is 4.74 Å². The summed E-state index contributed by atoms with van der Waals surface area (Å²) in [5.74, 6) is 1.93. The van der Waals surface area contributed by atoms with Gasteiger partial charge in [0.15, 0.2) is 0 Å². The molecule has 0 fully saturated rings. The molecule has 0 radical (unpaired) electrons. The second kappa shape index (κ2) is 5.53. The molecule has 1 aromatic heterocycles. The van der Waals surface area contributed by atoms with Crippen LogP contribution in [0, 0.1) is 6.92 Å². The number of para-hydroxylation sites is 1. The molecule has 0 N–H and O–H groups in total. The lowest BCUT2D eigenvalue weighted by Crippen LogP contribution is -1.95. The summed E-state index contributed by atoms with van der Waals surface area (Å²) < 4.78 is 6.87. The molecule has 94 valence electrons. The van der Waals surface area contributed by atoms with Crippen LogP contribution in [0.25, 0.3) is 0 Å². The van der Waals surface area contributed by atoms with E-state index < -0.39 is 0 Å². The van der Waals surface area contributed by atoms with Crippen LogP contribution < -0.4 is 4.74 Å². The molecule has 0 aliphatic carbocycles. The van der Waals surface area contributed by atoms with Gasteiger partial charge in [0, 0.05) is 16.7 Å². The van der Waals surface area contributed by atoms with E-state index in [2.05, 4.69) is 40.8 Å². The summed E-state index contributed by atoms with van der Waals surface area (Å²) in [4.78, 5) is 4.27. The number of aryl methyl sites for hydroxylation is 1. The van der Waals surface area contributed by atoms with Crippen molar-refractivity contribution < 1.29 is 4.74 Å². The average molecular weight is 306 g/mol. The third-order valence-corrected chi connectivity index (χ3v) is 3.61. The molecular formula is C15H16BrNO. The number of nitrogens with zero attached hydrogens (tertiary/aromatic N) is 1. The van der Waals surface area contributed by atoms with Crippen molar-refractivity contribution in [1.29, 1.82) is 0 Å². The second-order valence-electron chi connectivity index (χ2n) is 4.57. The largest absolute Gasteiger partial charge is 0.439 e. The first-order chi connectivity index (χ1) is 8.58. The zero-order valence-electron chi connectivity index (χ0n) is 10.8. The second-order valence-corrected chi connectivity index (χ2v) is 5.42. The molecule has 0 amide bonds. The fourth-order valence-corrected chi connectivity index (χ4v) is 1.95. The molecule has 2 rings (SSSR count). The van der Waals surface area contributed by atoms with E-state index in [0.717, 1.165) is 15.8 Å². The van der Waals surface area contributed by atoms with Crippen LogP contribution in [0.5, 0.6) is 11.6 Å². The highest BCUT2D eigenvalue weighted by molar-refractivity contribution is 9.10. The number of aromatic nitrogens is 1. The van der Waals surface area contributed by atoms with Gasteiger partial charge in [-0.05, 0) is 46.0 Å². The van der Waals surface area contributed by atoms with Gasteiger partial charge in [0.1, 0.15) is 5.75 Å². The maximum absolute atomic E-state index is 5.87. The van der Waals surface area contributed by atoms with Gasteiger partial charge in [0.2, 0.25) is 5.88 Å². The maximum atomic E-state index is 5.87. The predicted octanol–water partition coefficient (Wildman–Crippen LogP) is 5.07. The highest BCUT2D eigenvalue weighted by Crippen LogP contribution is 2.30. The monoisotopic (exact) mass is 305 g/mol. The van der Waals surface area contributed by atoms with Crippen LogP contribution in [0.4, 0.5) is 0 Å². The zero-order valence-corrected chi connectivity index (χ0v) is 12.4. The Bertz CT molecular complexity index is 552. The smallest absolute Gasteiger partial charge is 0.219 e. The fraction of sp³-hybridized carbons (Fsp3) is 0.267. The Kier molecular flexibility index (Phi) is 4.02. The molecule has 18 heavy (non-hydrogen) atoms. The number of rotatable bonds is 3. The Morgan fingerprint density at radius 2 is 1.94 bits per heavy atom. The number of halogens is 1. The summed E-state index contributed by atoms with van der Waals surface area (Å²) in [6.45, 7) is 6.33. The van der Waals surface area contributed by atoms with Crippen molar-refractivity contribution >= 4 is 15.9 Å². The van der Waals surface area contributed by atoms with Gasteiger partial charge in [-0.25, -0.2) is 4.98 Å². The van der Waals surface area contributed by atoms with Crippen molar-refractivity contribution in [2.75, 3.05) is 0 Å². The summed E-state index contributed by atoms with van der Waals surface area (Å²) in [5, 5.41) is 0. The lowest BCUT2D eigenvalue weighted by Gasteiger charge is -2.13.